The number of rotatable bonds is 6. The summed E-state index contributed by atoms with van der Waals surface area (Å²) in [6, 6.07) is 6.60. The number of aryl methyl sites for hydroxylation is 1. The van der Waals surface area contributed by atoms with Gasteiger partial charge in [-0.15, -0.1) is 11.3 Å². The molecule has 7 heteroatoms. The van der Waals surface area contributed by atoms with E-state index in [0.29, 0.717) is 32.3 Å². The fourth-order valence-corrected chi connectivity index (χ4v) is 5.00. The Bertz CT molecular complexity index is 709. The first kappa shape index (κ1) is 17.7. The number of thiophene rings is 1. The van der Waals surface area contributed by atoms with Crippen molar-refractivity contribution in [1.29, 1.82) is 0 Å². The third-order valence-corrected chi connectivity index (χ3v) is 6.39. The minimum atomic E-state index is 0.160. The lowest BCUT2D eigenvalue weighted by Gasteiger charge is -2.26. The monoisotopic (exact) mass is 374 g/mol. The highest BCUT2D eigenvalue weighted by molar-refractivity contribution is 7.14. The molecule has 0 saturated carbocycles. The van der Waals surface area contributed by atoms with Gasteiger partial charge in [-0.05, 0) is 44.0 Å². The lowest BCUT2D eigenvalue weighted by atomic mass is 10.2. The molecule has 2 aliphatic heterocycles. The normalized spacial score (nSPS) is 21.4. The first-order valence-corrected chi connectivity index (χ1v) is 10.3. The zero-order valence-corrected chi connectivity index (χ0v) is 15.9. The molecule has 6 nitrogen and oxygen atoms in total. The Labute approximate surface area is 158 Å². The van der Waals surface area contributed by atoms with Crippen LogP contribution in [0.25, 0.3) is 0 Å². The van der Waals surface area contributed by atoms with Crippen molar-refractivity contribution in [3.63, 3.8) is 0 Å². The fraction of sp³-hybridized carbons (Fsp3) is 0.579. The molecule has 1 amide bonds. The molecule has 0 spiro atoms. The molecule has 0 N–H and O–H groups in total. The zero-order chi connectivity index (χ0) is 17.8. The predicted octanol–water partition coefficient (Wildman–Crippen LogP) is 2.64. The van der Waals surface area contributed by atoms with Crippen molar-refractivity contribution in [2.75, 3.05) is 39.4 Å². The standard InChI is InChI=1S/C19H26N4O2S/c24-19(22-12-14-25-15-13-22)18-6-5-17(26-18)16-4-1-8-21(16)9-3-11-23-10-2-7-20-23/h2,5-7,10,16H,1,3-4,8-9,11-15H2/t16-/m1/s1. The molecule has 0 aliphatic carbocycles. The van der Waals surface area contributed by atoms with Crippen molar-refractivity contribution in [2.24, 2.45) is 0 Å². The molecule has 26 heavy (non-hydrogen) atoms. The van der Waals surface area contributed by atoms with Crippen LogP contribution in [0.3, 0.4) is 0 Å². The number of amides is 1. The van der Waals surface area contributed by atoms with Crippen LogP contribution >= 0.6 is 11.3 Å². The van der Waals surface area contributed by atoms with Crippen LogP contribution in [0.5, 0.6) is 0 Å². The molecule has 0 unspecified atom stereocenters. The van der Waals surface area contributed by atoms with Crippen LogP contribution < -0.4 is 0 Å². The Morgan fingerprint density at radius 1 is 1.23 bits per heavy atom. The van der Waals surface area contributed by atoms with E-state index in [1.807, 2.05) is 34.1 Å². The van der Waals surface area contributed by atoms with Gasteiger partial charge in [0.2, 0.25) is 0 Å². The maximum absolute atomic E-state index is 12.7. The quantitative estimate of drug-likeness (QED) is 0.780. The van der Waals surface area contributed by atoms with E-state index in [1.54, 1.807) is 11.3 Å². The van der Waals surface area contributed by atoms with Crippen molar-refractivity contribution in [3.05, 3.63) is 40.3 Å². The number of likely N-dealkylation sites (tertiary alicyclic amines) is 1. The van der Waals surface area contributed by atoms with Crippen LogP contribution in [-0.2, 0) is 11.3 Å². The van der Waals surface area contributed by atoms with Crippen molar-refractivity contribution < 1.29 is 9.53 Å². The van der Waals surface area contributed by atoms with Crippen molar-refractivity contribution in [3.8, 4) is 0 Å². The number of morpholine rings is 1. The highest BCUT2D eigenvalue weighted by Crippen LogP contribution is 2.36. The van der Waals surface area contributed by atoms with Gasteiger partial charge in [0.1, 0.15) is 0 Å². The number of ether oxygens (including phenoxy) is 1. The lowest BCUT2D eigenvalue weighted by molar-refractivity contribution is 0.0306. The summed E-state index contributed by atoms with van der Waals surface area (Å²) in [6.45, 7) is 5.89. The smallest absolute Gasteiger partial charge is 0.264 e. The molecule has 0 aromatic carbocycles. The zero-order valence-electron chi connectivity index (χ0n) is 15.0. The Hall–Kier alpha value is -1.70. The highest BCUT2D eigenvalue weighted by Gasteiger charge is 2.28. The van der Waals surface area contributed by atoms with E-state index in [2.05, 4.69) is 16.1 Å². The molecule has 140 valence electrons. The van der Waals surface area contributed by atoms with Gasteiger partial charge in [0.05, 0.1) is 18.1 Å². The SMILES string of the molecule is O=C(c1ccc([C@H]2CCCN2CCCn2cccn2)s1)N1CCOCC1. The fourth-order valence-electron chi connectivity index (χ4n) is 3.85. The van der Waals surface area contributed by atoms with Crippen LogP contribution in [0.1, 0.15) is 39.9 Å². The molecular formula is C19H26N4O2S. The van der Waals surface area contributed by atoms with Gasteiger partial charge in [-0.2, -0.15) is 5.10 Å². The minimum absolute atomic E-state index is 0.160. The molecule has 4 heterocycles. The molecule has 0 radical (unpaired) electrons. The number of nitrogens with zero attached hydrogens (tertiary/aromatic N) is 4. The average Bonchev–Trinajstić information content (AvgIpc) is 3.43. The third kappa shape index (κ3) is 4.00. The molecular weight excluding hydrogens is 348 g/mol. The summed E-state index contributed by atoms with van der Waals surface area (Å²) in [7, 11) is 0. The summed E-state index contributed by atoms with van der Waals surface area (Å²) in [6.07, 6.45) is 7.37. The number of carbonyl (C=O) groups excluding carboxylic acids is 1. The second kappa shape index (κ2) is 8.33. The average molecular weight is 375 g/mol. The van der Waals surface area contributed by atoms with E-state index in [9.17, 15) is 4.79 Å². The third-order valence-electron chi connectivity index (χ3n) is 5.22. The summed E-state index contributed by atoms with van der Waals surface area (Å²) >= 11 is 1.68. The molecule has 2 saturated heterocycles. The maximum atomic E-state index is 12.7. The van der Waals surface area contributed by atoms with Crippen LogP contribution in [0, 0.1) is 0 Å². The van der Waals surface area contributed by atoms with Gasteiger partial charge in [-0.1, -0.05) is 0 Å². The Morgan fingerprint density at radius 3 is 2.92 bits per heavy atom. The maximum Gasteiger partial charge on any atom is 0.264 e. The van der Waals surface area contributed by atoms with Gasteiger partial charge in [0.15, 0.2) is 0 Å². The first-order valence-electron chi connectivity index (χ1n) is 9.49. The van der Waals surface area contributed by atoms with Gasteiger partial charge >= 0.3 is 0 Å². The molecule has 1 atom stereocenters. The Morgan fingerprint density at radius 2 is 2.12 bits per heavy atom. The largest absolute Gasteiger partial charge is 0.378 e. The molecule has 0 bridgehead atoms. The van der Waals surface area contributed by atoms with Gasteiger partial charge in [-0.25, -0.2) is 0 Å². The van der Waals surface area contributed by atoms with Gasteiger partial charge < -0.3 is 9.64 Å². The van der Waals surface area contributed by atoms with E-state index in [4.69, 9.17) is 4.74 Å². The molecule has 2 aromatic heterocycles. The topological polar surface area (TPSA) is 50.6 Å². The van der Waals surface area contributed by atoms with Crippen LogP contribution in [0.15, 0.2) is 30.6 Å². The second-order valence-electron chi connectivity index (χ2n) is 6.92. The minimum Gasteiger partial charge on any atom is -0.378 e. The van der Waals surface area contributed by atoms with Crippen molar-refractivity contribution in [2.45, 2.75) is 31.8 Å². The number of aromatic nitrogens is 2. The van der Waals surface area contributed by atoms with Crippen molar-refractivity contribution >= 4 is 17.2 Å². The molecule has 2 aromatic rings. The number of hydrogen-bond donors (Lipinski definition) is 0. The summed E-state index contributed by atoms with van der Waals surface area (Å²) in [5.74, 6) is 0.160. The number of carbonyl (C=O) groups is 1. The van der Waals surface area contributed by atoms with Crippen LogP contribution in [0.2, 0.25) is 0 Å². The molecule has 2 aliphatic rings. The summed E-state index contributed by atoms with van der Waals surface area (Å²) in [5, 5.41) is 4.27. The van der Waals surface area contributed by atoms with E-state index < -0.39 is 0 Å². The van der Waals surface area contributed by atoms with Gasteiger partial charge in [0, 0.05) is 49.5 Å². The first-order chi connectivity index (χ1) is 12.8. The molecule has 2 fully saturated rings. The van der Waals surface area contributed by atoms with E-state index >= 15 is 0 Å². The Balaban J connectivity index is 1.35. The Kier molecular flexibility index (Phi) is 5.67. The summed E-state index contributed by atoms with van der Waals surface area (Å²) in [4.78, 5) is 19.3. The van der Waals surface area contributed by atoms with Crippen molar-refractivity contribution in [1.82, 2.24) is 19.6 Å². The van der Waals surface area contributed by atoms with Crippen LogP contribution in [-0.4, -0.2) is 64.9 Å². The van der Waals surface area contributed by atoms with E-state index in [1.165, 1.54) is 17.7 Å². The predicted molar refractivity (Wildman–Crippen MR) is 101 cm³/mol. The van der Waals surface area contributed by atoms with E-state index in [0.717, 1.165) is 30.9 Å². The molecule has 4 rings (SSSR count). The highest BCUT2D eigenvalue weighted by atomic mass is 32.1. The number of hydrogen-bond acceptors (Lipinski definition) is 5. The summed E-state index contributed by atoms with van der Waals surface area (Å²) in [5.41, 5.74) is 0. The van der Waals surface area contributed by atoms with Gasteiger partial charge in [-0.3, -0.25) is 14.4 Å². The van der Waals surface area contributed by atoms with Crippen LogP contribution in [0.4, 0.5) is 0 Å². The van der Waals surface area contributed by atoms with Gasteiger partial charge in [0.25, 0.3) is 5.91 Å². The van der Waals surface area contributed by atoms with E-state index in [-0.39, 0.29) is 5.91 Å². The summed E-state index contributed by atoms with van der Waals surface area (Å²) < 4.78 is 7.34. The lowest BCUT2D eigenvalue weighted by Crippen LogP contribution is -2.40. The second-order valence-corrected chi connectivity index (χ2v) is 8.04.